The van der Waals surface area contributed by atoms with Crippen molar-refractivity contribution in [1.82, 2.24) is 9.71 Å². The third kappa shape index (κ3) is 4.05. The van der Waals surface area contributed by atoms with Crippen LogP contribution in [-0.2, 0) is 14.8 Å². The zero-order valence-corrected chi connectivity index (χ0v) is 19.3. The first-order chi connectivity index (χ1) is 13.9. The van der Waals surface area contributed by atoms with E-state index in [-0.39, 0.29) is 0 Å². The lowest BCUT2D eigenvalue weighted by Gasteiger charge is -2.20. The minimum Gasteiger partial charge on any atom is -0.361 e. The number of aryl methyl sites for hydroxylation is 1. The number of carbonyl (C=O) groups is 1. The number of H-pyrrole nitrogens is 1. The Morgan fingerprint density at radius 2 is 1.60 bits per heavy atom. The van der Waals surface area contributed by atoms with E-state index in [9.17, 15) is 13.2 Å². The van der Waals surface area contributed by atoms with Crippen molar-refractivity contribution in [2.45, 2.75) is 41.5 Å². The summed E-state index contributed by atoms with van der Waals surface area (Å²) in [6.07, 6.45) is 4.76. The van der Waals surface area contributed by atoms with Gasteiger partial charge in [0, 0.05) is 22.7 Å². The molecule has 0 unspecified atom stereocenters. The zero-order chi connectivity index (χ0) is 22.4. The van der Waals surface area contributed by atoms with Crippen LogP contribution in [0.1, 0.15) is 40.3 Å². The molecule has 0 fully saturated rings. The van der Waals surface area contributed by atoms with Gasteiger partial charge in [-0.25, -0.2) is 13.1 Å². The summed E-state index contributed by atoms with van der Waals surface area (Å²) in [6.45, 7) is 12.0. The van der Waals surface area contributed by atoms with E-state index in [1.54, 1.807) is 13.0 Å². The number of sulfonamides is 1. The number of rotatable bonds is 4. The van der Waals surface area contributed by atoms with E-state index in [1.807, 2.05) is 24.8 Å². The van der Waals surface area contributed by atoms with Crippen molar-refractivity contribution in [3.63, 3.8) is 0 Å². The molecule has 0 aliphatic heterocycles. The van der Waals surface area contributed by atoms with Gasteiger partial charge >= 0.3 is 0 Å². The molecule has 1 amide bonds. The standard InChI is InChI=1S/C24H28N2O3S/c1-13(24(27)26-30(7,28)29)10-21-15(3)17(5)23(18(6)16(21)4)19-8-9-22-20(11-19)14(2)12-25-22/h8-12,25H,1-7H3,(H,26,27). The fraction of sp³-hybridized carbons (Fsp3) is 0.292. The van der Waals surface area contributed by atoms with Gasteiger partial charge in [-0.1, -0.05) is 6.07 Å². The van der Waals surface area contributed by atoms with Crippen molar-refractivity contribution in [3.05, 3.63) is 63.3 Å². The molecule has 3 aromatic rings. The monoisotopic (exact) mass is 424 g/mol. The Balaban J connectivity index is 2.15. The Morgan fingerprint density at radius 3 is 2.17 bits per heavy atom. The average Bonchev–Trinajstić information content (AvgIpc) is 3.03. The maximum absolute atomic E-state index is 12.2. The zero-order valence-electron chi connectivity index (χ0n) is 18.5. The first kappa shape index (κ1) is 21.8. The molecule has 0 saturated heterocycles. The van der Waals surface area contributed by atoms with Crippen LogP contribution in [0.5, 0.6) is 0 Å². The largest absolute Gasteiger partial charge is 0.361 e. The maximum Gasteiger partial charge on any atom is 0.260 e. The van der Waals surface area contributed by atoms with Crippen LogP contribution in [-0.4, -0.2) is 25.6 Å². The highest BCUT2D eigenvalue weighted by Crippen LogP contribution is 2.36. The van der Waals surface area contributed by atoms with E-state index in [0.29, 0.717) is 5.57 Å². The van der Waals surface area contributed by atoms with Crippen LogP contribution in [0, 0.1) is 34.6 Å². The summed E-state index contributed by atoms with van der Waals surface area (Å²) in [5.74, 6) is -0.607. The lowest BCUT2D eigenvalue weighted by atomic mass is 9.85. The molecule has 0 bridgehead atoms. The van der Waals surface area contributed by atoms with Gasteiger partial charge in [-0.3, -0.25) is 4.79 Å². The molecule has 0 aliphatic carbocycles. The van der Waals surface area contributed by atoms with Crippen molar-refractivity contribution in [2.75, 3.05) is 6.26 Å². The smallest absolute Gasteiger partial charge is 0.260 e. The summed E-state index contributed by atoms with van der Waals surface area (Å²) in [5.41, 5.74) is 10.4. The number of hydrogen-bond acceptors (Lipinski definition) is 3. The van der Waals surface area contributed by atoms with Crippen LogP contribution in [0.25, 0.3) is 28.1 Å². The fourth-order valence-electron chi connectivity index (χ4n) is 3.94. The summed E-state index contributed by atoms with van der Waals surface area (Å²) >= 11 is 0. The molecule has 0 radical (unpaired) electrons. The quantitative estimate of drug-likeness (QED) is 0.587. The van der Waals surface area contributed by atoms with Gasteiger partial charge in [0.05, 0.1) is 6.26 Å². The van der Waals surface area contributed by atoms with Gasteiger partial charge < -0.3 is 4.98 Å². The molecule has 1 aromatic heterocycles. The molecule has 2 aromatic carbocycles. The Bertz CT molecular complexity index is 1280. The molecular weight excluding hydrogens is 396 g/mol. The van der Waals surface area contributed by atoms with Gasteiger partial charge in [0.15, 0.2) is 0 Å². The number of hydrogen-bond donors (Lipinski definition) is 2. The summed E-state index contributed by atoms with van der Waals surface area (Å²) in [7, 11) is -3.60. The second-order valence-corrected chi connectivity index (χ2v) is 9.80. The van der Waals surface area contributed by atoms with Crippen molar-refractivity contribution in [2.24, 2.45) is 0 Å². The van der Waals surface area contributed by atoms with Crippen LogP contribution in [0.4, 0.5) is 0 Å². The van der Waals surface area contributed by atoms with E-state index in [2.05, 4.69) is 44.0 Å². The number of benzene rings is 2. The second kappa shape index (κ2) is 7.76. The predicted octanol–water partition coefficient (Wildman–Crippen LogP) is 4.86. The molecule has 3 rings (SSSR count). The Kier molecular flexibility index (Phi) is 5.65. The first-order valence-corrected chi connectivity index (χ1v) is 11.7. The second-order valence-electron chi connectivity index (χ2n) is 8.05. The summed E-state index contributed by atoms with van der Waals surface area (Å²) in [4.78, 5) is 15.5. The summed E-state index contributed by atoms with van der Waals surface area (Å²) in [5, 5.41) is 1.21. The van der Waals surface area contributed by atoms with Crippen LogP contribution >= 0.6 is 0 Å². The number of amides is 1. The predicted molar refractivity (Wildman–Crippen MR) is 124 cm³/mol. The van der Waals surface area contributed by atoms with Gasteiger partial charge in [0.1, 0.15) is 0 Å². The first-order valence-electron chi connectivity index (χ1n) is 9.79. The molecule has 5 nitrogen and oxygen atoms in total. The molecule has 6 heteroatoms. The summed E-state index contributed by atoms with van der Waals surface area (Å²) < 4.78 is 24.8. The minimum atomic E-state index is -3.60. The van der Waals surface area contributed by atoms with E-state index in [1.165, 1.54) is 16.5 Å². The highest BCUT2D eigenvalue weighted by Gasteiger charge is 2.17. The third-order valence-electron chi connectivity index (χ3n) is 5.86. The fourth-order valence-corrected chi connectivity index (χ4v) is 4.44. The van der Waals surface area contributed by atoms with Crippen molar-refractivity contribution < 1.29 is 13.2 Å². The van der Waals surface area contributed by atoms with E-state index < -0.39 is 15.9 Å². The molecule has 0 atom stereocenters. The molecule has 30 heavy (non-hydrogen) atoms. The molecule has 158 valence electrons. The van der Waals surface area contributed by atoms with E-state index in [0.717, 1.165) is 45.2 Å². The van der Waals surface area contributed by atoms with Gasteiger partial charge in [-0.05, 0) is 104 Å². The molecule has 2 N–H and O–H groups in total. The van der Waals surface area contributed by atoms with E-state index in [4.69, 9.17) is 0 Å². The lowest BCUT2D eigenvalue weighted by Crippen LogP contribution is -2.29. The third-order valence-corrected chi connectivity index (χ3v) is 6.41. The Hall–Kier alpha value is -2.86. The molecule has 0 spiro atoms. The summed E-state index contributed by atoms with van der Waals surface area (Å²) in [6, 6.07) is 6.46. The highest BCUT2D eigenvalue weighted by molar-refractivity contribution is 7.89. The lowest BCUT2D eigenvalue weighted by molar-refractivity contribution is -0.115. The van der Waals surface area contributed by atoms with Gasteiger partial charge in [-0.15, -0.1) is 0 Å². The SMILES string of the molecule is CC(=Cc1c(C)c(C)c(-c2ccc3[nH]cc(C)c3c2)c(C)c1C)C(=O)NS(C)(=O)=O. The topological polar surface area (TPSA) is 79.0 Å². The molecule has 0 aliphatic rings. The van der Waals surface area contributed by atoms with Crippen LogP contribution in [0.3, 0.4) is 0 Å². The Labute approximate surface area is 178 Å². The van der Waals surface area contributed by atoms with Crippen LogP contribution < -0.4 is 4.72 Å². The molecular formula is C24H28N2O3S. The van der Waals surface area contributed by atoms with E-state index >= 15 is 0 Å². The minimum absolute atomic E-state index is 0.350. The Morgan fingerprint density at radius 1 is 1.00 bits per heavy atom. The molecule has 0 saturated carbocycles. The van der Waals surface area contributed by atoms with Crippen molar-refractivity contribution in [3.8, 4) is 11.1 Å². The average molecular weight is 425 g/mol. The highest BCUT2D eigenvalue weighted by atomic mass is 32.2. The van der Waals surface area contributed by atoms with Crippen LogP contribution in [0.2, 0.25) is 0 Å². The number of aromatic amines is 1. The van der Waals surface area contributed by atoms with Crippen molar-refractivity contribution >= 4 is 32.9 Å². The van der Waals surface area contributed by atoms with Crippen LogP contribution in [0.15, 0.2) is 30.0 Å². The number of carbonyl (C=O) groups excluding carboxylic acids is 1. The van der Waals surface area contributed by atoms with Gasteiger partial charge in [0.2, 0.25) is 10.0 Å². The van der Waals surface area contributed by atoms with Gasteiger partial charge in [-0.2, -0.15) is 0 Å². The number of nitrogens with one attached hydrogen (secondary N) is 2. The van der Waals surface area contributed by atoms with Gasteiger partial charge in [0.25, 0.3) is 5.91 Å². The van der Waals surface area contributed by atoms with Crippen molar-refractivity contribution in [1.29, 1.82) is 0 Å². The normalized spacial score (nSPS) is 12.4. The maximum atomic E-state index is 12.2. The number of aromatic nitrogens is 1. The number of fused-ring (bicyclic) bond motifs is 1. The molecule has 1 heterocycles.